The van der Waals surface area contributed by atoms with Crippen molar-refractivity contribution in [3.8, 4) is 0 Å². The lowest BCUT2D eigenvalue weighted by molar-refractivity contribution is -0.120. The van der Waals surface area contributed by atoms with Gasteiger partial charge in [0.05, 0.1) is 9.79 Å². The first kappa shape index (κ1) is 39.6. The molecule has 11 nitrogen and oxygen atoms in total. The van der Waals surface area contributed by atoms with Gasteiger partial charge in [0.2, 0.25) is 20.0 Å². The third-order valence-electron chi connectivity index (χ3n) is 10.2. The van der Waals surface area contributed by atoms with E-state index in [1.165, 1.54) is 17.1 Å². The van der Waals surface area contributed by atoms with E-state index in [0.717, 1.165) is 70.6 Å². The van der Waals surface area contributed by atoms with Crippen molar-refractivity contribution in [3.63, 3.8) is 0 Å². The molecule has 0 radical (unpaired) electrons. The van der Waals surface area contributed by atoms with Gasteiger partial charge in [-0.2, -0.15) is 8.61 Å². The van der Waals surface area contributed by atoms with E-state index < -0.39 is 20.0 Å². The van der Waals surface area contributed by atoms with Gasteiger partial charge in [-0.1, -0.05) is 36.4 Å². The number of nitrogens with zero attached hydrogens (tertiary/aromatic N) is 3. The SMILES string of the molecule is O=C1CCN(S(=O)(=O)c2ccccc2)CC1.O=S(=O)(c1ccccc1)N1CCC(N2CCC(CCO)CC2)CC1.OCCC1CCNCC1. The second kappa shape index (κ2) is 20.0. The van der Waals surface area contributed by atoms with Gasteiger partial charge in [0, 0.05) is 58.3 Å². The van der Waals surface area contributed by atoms with Crippen LogP contribution in [0.1, 0.15) is 64.2 Å². The van der Waals surface area contributed by atoms with Gasteiger partial charge in [0.1, 0.15) is 5.78 Å². The molecule has 274 valence electrons. The molecule has 0 aromatic heterocycles. The topological polar surface area (TPSA) is 148 Å². The molecule has 13 heteroatoms. The second-order valence-corrected chi connectivity index (χ2v) is 17.3. The lowest BCUT2D eigenvalue weighted by Gasteiger charge is -2.41. The Balaban J connectivity index is 0.000000185. The molecule has 3 N–H and O–H groups in total. The Morgan fingerprint density at radius 1 is 0.592 bits per heavy atom. The number of hydrogen-bond acceptors (Lipinski definition) is 9. The number of ketones is 1. The van der Waals surface area contributed by atoms with Gasteiger partial charge in [0.15, 0.2) is 0 Å². The molecule has 4 aliphatic heterocycles. The van der Waals surface area contributed by atoms with Crippen LogP contribution in [0, 0.1) is 11.8 Å². The molecule has 4 heterocycles. The number of benzene rings is 2. The first-order valence-corrected chi connectivity index (χ1v) is 20.8. The molecule has 0 aliphatic carbocycles. The summed E-state index contributed by atoms with van der Waals surface area (Å²) in [5.41, 5.74) is 0. The zero-order valence-electron chi connectivity index (χ0n) is 28.7. The van der Waals surface area contributed by atoms with Crippen LogP contribution in [-0.4, -0.2) is 118 Å². The summed E-state index contributed by atoms with van der Waals surface area (Å²) in [6.07, 6.45) is 9.21. The van der Waals surface area contributed by atoms with E-state index in [1.54, 1.807) is 58.9 Å². The Labute approximate surface area is 293 Å². The van der Waals surface area contributed by atoms with Crippen LogP contribution < -0.4 is 5.32 Å². The predicted octanol–water partition coefficient (Wildman–Crippen LogP) is 3.34. The molecular formula is C36H56N4O7S2. The summed E-state index contributed by atoms with van der Waals surface area (Å²) in [5, 5.41) is 20.9. The van der Waals surface area contributed by atoms with Crippen LogP contribution in [0.25, 0.3) is 0 Å². The number of sulfonamides is 2. The van der Waals surface area contributed by atoms with E-state index in [-0.39, 0.29) is 5.78 Å². The Hall–Kier alpha value is -2.23. The lowest BCUT2D eigenvalue weighted by Crippen LogP contribution is -2.49. The van der Waals surface area contributed by atoms with Crippen molar-refractivity contribution in [2.45, 2.75) is 80.0 Å². The van der Waals surface area contributed by atoms with Gasteiger partial charge in [-0.05, 0) is 114 Å². The molecule has 4 saturated heterocycles. The molecule has 6 rings (SSSR count). The van der Waals surface area contributed by atoms with Crippen LogP contribution in [0.3, 0.4) is 0 Å². The summed E-state index contributed by atoms with van der Waals surface area (Å²) in [6, 6.07) is 17.6. The van der Waals surface area contributed by atoms with E-state index in [4.69, 9.17) is 10.2 Å². The van der Waals surface area contributed by atoms with Crippen LogP contribution in [0.5, 0.6) is 0 Å². The van der Waals surface area contributed by atoms with E-state index in [9.17, 15) is 21.6 Å². The zero-order valence-corrected chi connectivity index (χ0v) is 30.4. The minimum absolute atomic E-state index is 0.138. The standard InChI is InChI=1S/C18H28N2O3S.C11H13NO3S.C7H15NO/c21-15-10-16-6-11-19(12-7-16)17-8-13-20(14-9-17)24(22,23)18-4-2-1-3-5-18;13-10-6-8-12(9-7-10)16(14,15)11-4-2-1-3-5-11;9-6-3-7-1-4-8-5-2-7/h1-5,16-17,21H,6-15H2;1-5H,6-9H2;7-9H,1-6H2. The van der Waals surface area contributed by atoms with Gasteiger partial charge < -0.3 is 20.4 Å². The number of piperidine rings is 4. The lowest BCUT2D eigenvalue weighted by atomic mass is 9.92. The van der Waals surface area contributed by atoms with Gasteiger partial charge in [-0.3, -0.25) is 4.79 Å². The average Bonchev–Trinajstić information content (AvgIpc) is 3.14. The molecule has 2 aromatic rings. The number of Topliss-reactive ketones (excluding diaryl/α,β-unsaturated/α-hetero) is 1. The van der Waals surface area contributed by atoms with E-state index >= 15 is 0 Å². The van der Waals surface area contributed by atoms with Crippen LogP contribution in [0.4, 0.5) is 0 Å². The fourth-order valence-corrected chi connectivity index (χ4v) is 10.0. The van der Waals surface area contributed by atoms with Crippen LogP contribution in [0.15, 0.2) is 70.5 Å². The van der Waals surface area contributed by atoms with Gasteiger partial charge in [0.25, 0.3) is 0 Å². The van der Waals surface area contributed by atoms with Gasteiger partial charge in [-0.25, -0.2) is 16.8 Å². The number of carbonyl (C=O) groups is 1. The third-order valence-corrected chi connectivity index (χ3v) is 14.0. The molecule has 0 atom stereocenters. The highest BCUT2D eigenvalue weighted by molar-refractivity contribution is 7.89. The molecule has 0 amide bonds. The number of likely N-dealkylation sites (tertiary alicyclic amines) is 1. The van der Waals surface area contributed by atoms with Crippen molar-refractivity contribution < 1.29 is 31.8 Å². The van der Waals surface area contributed by atoms with Crippen molar-refractivity contribution in [3.05, 3.63) is 60.7 Å². The quantitative estimate of drug-likeness (QED) is 0.355. The van der Waals surface area contributed by atoms with Crippen LogP contribution in [0.2, 0.25) is 0 Å². The first-order valence-electron chi connectivity index (χ1n) is 17.9. The van der Waals surface area contributed by atoms with Gasteiger partial charge in [-0.15, -0.1) is 0 Å². The van der Waals surface area contributed by atoms with Crippen molar-refractivity contribution in [2.24, 2.45) is 11.8 Å². The molecule has 2 aromatic carbocycles. The summed E-state index contributed by atoms with van der Waals surface area (Å²) in [5.74, 6) is 1.58. The molecule has 49 heavy (non-hydrogen) atoms. The summed E-state index contributed by atoms with van der Waals surface area (Å²) in [6.45, 7) is 6.94. The Bertz CT molecular complexity index is 1440. The largest absolute Gasteiger partial charge is 0.396 e. The van der Waals surface area contributed by atoms with Crippen molar-refractivity contribution in [2.75, 3.05) is 65.6 Å². The maximum Gasteiger partial charge on any atom is 0.243 e. The normalized spacial score (nSPS) is 21.3. The summed E-state index contributed by atoms with van der Waals surface area (Å²) < 4.78 is 52.6. The molecule has 4 fully saturated rings. The monoisotopic (exact) mass is 720 g/mol. The highest BCUT2D eigenvalue weighted by Crippen LogP contribution is 2.27. The first-order chi connectivity index (χ1) is 23.6. The Morgan fingerprint density at radius 2 is 1.02 bits per heavy atom. The number of rotatable bonds is 9. The number of carbonyl (C=O) groups excluding carboxylic acids is 1. The van der Waals surface area contributed by atoms with Crippen molar-refractivity contribution in [1.82, 2.24) is 18.8 Å². The fourth-order valence-electron chi connectivity index (χ4n) is 7.05. The van der Waals surface area contributed by atoms with Crippen molar-refractivity contribution in [1.29, 1.82) is 0 Å². The molecule has 0 unspecified atom stereocenters. The van der Waals surface area contributed by atoms with E-state index in [0.29, 0.717) is 74.0 Å². The molecule has 0 saturated carbocycles. The predicted molar refractivity (Wildman–Crippen MR) is 191 cm³/mol. The third kappa shape index (κ3) is 11.9. The Kier molecular flexibility index (Phi) is 16.1. The van der Waals surface area contributed by atoms with Crippen molar-refractivity contribution >= 4 is 25.8 Å². The molecule has 0 bridgehead atoms. The molecule has 4 aliphatic rings. The second-order valence-electron chi connectivity index (χ2n) is 13.4. The van der Waals surface area contributed by atoms with Crippen LogP contribution >= 0.6 is 0 Å². The highest BCUT2D eigenvalue weighted by Gasteiger charge is 2.33. The summed E-state index contributed by atoms with van der Waals surface area (Å²) in [7, 11) is -6.75. The number of aliphatic hydroxyl groups is 2. The number of hydrogen-bond donors (Lipinski definition) is 3. The maximum absolute atomic E-state index is 12.7. The Morgan fingerprint density at radius 3 is 1.47 bits per heavy atom. The average molecular weight is 721 g/mol. The minimum atomic E-state index is -3.40. The van der Waals surface area contributed by atoms with Crippen LogP contribution in [-0.2, 0) is 24.8 Å². The zero-order chi connectivity index (χ0) is 35.1. The van der Waals surface area contributed by atoms with Gasteiger partial charge >= 0.3 is 0 Å². The van der Waals surface area contributed by atoms with E-state index in [1.807, 2.05) is 6.07 Å². The maximum atomic E-state index is 12.7. The summed E-state index contributed by atoms with van der Waals surface area (Å²) >= 11 is 0. The van der Waals surface area contributed by atoms with E-state index in [2.05, 4.69) is 10.2 Å². The fraction of sp³-hybridized carbons (Fsp3) is 0.639. The smallest absolute Gasteiger partial charge is 0.243 e. The molecule has 0 spiro atoms. The number of nitrogens with one attached hydrogen (secondary N) is 1. The highest BCUT2D eigenvalue weighted by atomic mass is 32.2. The minimum Gasteiger partial charge on any atom is -0.396 e. The summed E-state index contributed by atoms with van der Waals surface area (Å²) in [4.78, 5) is 14.3. The molecular weight excluding hydrogens is 665 g/mol. The number of aliphatic hydroxyl groups excluding tert-OH is 2.